The first-order valence-electron chi connectivity index (χ1n) is 15.0. The predicted octanol–water partition coefficient (Wildman–Crippen LogP) is 7.92. The molecule has 1 saturated heterocycles. The molecule has 1 aromatic rings. The Bertz CT molecular complexity index is 896. The minimum absolute atomic E-state index is 0.132. The molecule has 0 amide bonds. The van der Waals surface area contributed by atoms with Crippen LogP contribution in [-0.2, 0) is 29.5 Å². The van der Waals surface area contributed by atoms with Gasteiger partial charge < -0.3 is 27.5 Å². The van der Waals surface area contributed by atoms with Crippen LogP contribution in [0.5, 0.6) is 0 Å². The summed E-state index contributed by atoms with van der Waals surface area (Å²) in [6, 6.07) is 2.92. The van der Waals surface area contributed by atoms with Gasteiger partial charge in [-0.25, -0.2) is 4.98 Å². The fraction of sp³-hybridized carbons (Fsp3) is 0.800. The minimum Gasteiger partial charge on any atom is -0.448 e. The van der Waals surface area contributed by atoms with Crippen LogP contribution in [0, 0.1) is 0 Å². The Labute approximate surface area is 239 Å². The van der Waals surface area contributed by atoms with Crippen molar-refractivity contribution in [1.82, 2.24) is 4.98 Å². The standard InChI is InChI=1S/C30H55NO6Si2/c1-12-38(13-2,14-3)37-30(17-27(33-11)16-28(19-32)36-30)18-29-31-26(21-34-29)15-25(10)20-35-39(22(4)5,23(6)7)24(8)9/h15,19,21-24,27-28H,12-14,16-18,20H2,1-11H3/b25-15+/t27-,28-,30-/m1/s1. The largest absolute Gasteiger partial charge is 0.448 e. The number of carbonyl (C=O) groups excluding carboxylic acids is 1. The van der Waals surface area contributed by atoms with Gasteiger partial charge in [-0.1, -0.05) is 62.3 Å². The number of hydrogen-bond acceptors (Lipinski definition) is 7. The summed E-state index contributed by atoms with van der Waals surface area (Å²) in [5, 5.41) is 0. The summed E-state index contributed by atoms with van der Waals surface area (Å²) in [5.74, 6) is -0.461. The van der Waals surface area contributed by atoms with Crippen molar-refractivity contribution in [1.29, 1.82) is 0 Å². The van der Waals surface area contributed by atoms with Crippen molar-refractivity contribution in [2.45, 2.75) is 141 Å². The average Bonchev–Trinajstić information content (AvgIpc) is 3.32. The molecule has 2 heterocycles. The molecule has 0 unspecified atom stereocenters. The van der Waals surface area contributed by atoms with Gasteiger partial charge in [0.1, 0.15) is 24.3 Å². The van der Waals surface area contributed by atoms with Crippen LogP contribution in [-0.4, -0.2) is 59.6 Å². The second-order valence-electron chi connectivity index (χ2n) is 12.3. The van der Waals surface area contributed by atoms with Gasteiger partial charge in [0.2, 0.25) is 8.32 Å². The van der Waals surface area contributed by atoms with E-state index >= 15 is 0 Å². The number of methoxy groups -OCH3 is 1. The third kappa shape index (κ3) is 8.23. The molecule has 1 aliphatic rings. The predicted molar refractivity (Wildman–Crippen MR) is 163 cm³/mol. The topological polar surface area (TPSA) is 80.0 Å². The van der Waals surface area contributed by atoms with E-state index in [9.17, 15) is 4.79 Å². The van der Waals surface area contributed by atoms with Crippen LogP contribution in [0.25, 0.3) is 6.08 Å². The van der Waals surface area contributed by atoms with E-state index in [-0.39, 0.29) is 6.10 Å². The molecule has 0 saturated carbocycles. The van der Waals surface area contributed by atoms with Crippen LogP contribution in [0.15, 0.2) is 16.3 Å². The monoisotopic (exact) mass is 581 g/mol. The van der Waals surface area contributed by atoms with E-state index in [0.29, 0.717) is 48.4 Å². The SMILES string of the molecule is CC[Si](CC)(CC)O[C@@]1(Cc2nc(/C=C(\C)CO[Si](C(C)C)(C(C)C)C(C)C)co2)C[C@H](OC)C[C@H](C=O)O1. The van der Waals surface area contributed by atoms with Crippen LogP contribution in [0.2, 0.25) is 34.8 Å². The number of carbonyl (C=O) groups is 1. The number of aromatic nitrogens is 1. The lowest BCUT2D eigenvalue weighted by Gasteiger charge is -2.47. The molecule has 0 aromatic carbocycles. The smallest absolute Gasteiger partial charge is 0.200 e. The Kier molecular flexibility index (Phi) is 12.8. The van der Waals surface area contributed by atoms with Crippen molar-refractivity contribution < 1.29 is 27.5 Å². The second kappa shape index (κ2) is 14.7. The lowest BCUT2D eigenvalue weighted by Crippen LogP contribution is -2.56. The van der Waals surface area contributed by atoms with Crippen molar-refractivity contribution in [2.75, 3.05) is 13.7 Å². The molecule has 1 aromatic heterocycles. The molecule has 0 bridgehead atoms. The van der Waals surface area contributed by atoms with Gasteiger partial charge >= 0.3 is 0 Å². The molecule has 2 rings (SSSR count). The molecule has 1 aliphatic heterocycles. The van der Waals surface area contributed by atoms with E-state index in [1.54, 1.807) is 13.4 Å². The fourth-order valence-electron chi connectivity index (χ4n) is 6.64. The third-order valence-electron chi connectivity index (χ3n) is 8.86. The van der Waals surface area contributed by atoms with E-state index in [4.69, 9.17) is 27.7 Å². The molecule has 1 fully saturated rings. The van der Waals surface area contributed by atoms with Gasteiger partial charge in [-0.05, 0) is 53.3 Å². The van der Waals surface area contributed by atoms with Gasteiger partial charge in [-0.15, -0.1) is 0 Å². The van der Waals surface area contributed by atoms with Gasteiger partial charge in [0.25, 0.3) is 0 Å². The second-order valence-corrected chi connectivity index (χ2v) is 22.4. The van der Waals surface area contributed by atoms with Crippen LogP contribution in [0.3, 0.4) is 0 Å². The molecule has 39 heavy (non-hydrogen) atoms. The van der Waals surface area contributed by atoms with Gasteiger partial charge in [0, 0.05) is 20.0 Å². The lowest BCUT2D eigenvalue weighted by molar-refractivity contribution is -0.257. The summed E-state index contributed by atoms with van der Waals surface area (Å²) >= 11 is 0. The number of oxazole rings is 1. The van der Waals surface area contributed by atoms with E-state index in [0.717, 1.165) is 35.7 Å². The van der Waals surface area contributed by atoms with Gasteiger partial charge in [-0.3, -0.25) is 0 Å². The van der Waals surface area contributed by atoms with E-state index < -0.39 is 28.5 Å². The highest BCUT2D eigenvalue weighted by molar-refractivity contribution is 6.77. The number of hydrogen-bond donors (Lipinski definition) is 0. The first-order chi connectivity index (χ1) is 18.3. The Morgan fingerprint density at radius 2 is 1.69 bits per heavy atom. The maximum atomic E-state index is 11.8. The first-order valence-corrected chi connectivity index (χ1v) is 19.6. The number of ether oxygens (including phenoxy) is 2. The zero-order chi connectivity index (χ0) is 29.4. The zero-order valence-corrected chi connectivity index (χ0v) is 28.5. The summed E-state index contributed by atoms with van der Waals surface area (Å²) in [5.41, 5.74) is 3.47. The Morgan fingerprint density at radius 1 is 1.10 bits per heavy atom. The normalized spacial score (nSPS) is 23.3. The average molecular weight is 582 g/mol. The molecule has 0 radical (unpaired) electrons. The van der Waals surface area contributed by atoms with Crippen LogP contribution in [0.1, 0.15) is 93.7 Å². The highest BCUT2D eigenvalue weighted by Gasteiger charge is 2.49. The molecule has 7 nitrogen and oxygen atoms in total. The lowest BCUT2D eigenvalue weighted by atomic mass is 9.96. The number of aldehydes is 1. The highest BCUT2D eigenvalue weighted by atomic mass is 28.4. The molecular weight excluding hydrogens is 527 g/mol. The van der Waals surface area contributed by atoms with Crippen molar-refractivity contribution in [3.63, 3.8) is 0 Å². The Hall–Kier alpha value is -1.11. The molecule has 0 spiro atoms. The third-order valence-corrected chi connectivity index (χ3v) is 19.6. The summed E-state index contributed by atoms with van der Waals surface area (Å²) in [7, 11) is -2.35. The zero-order valence-electron chi connectivity index (χ0n) is 26.5. The number of rotatable bonds is 16. The Morgan fingerprint density at radius 3 is 2.18 bits per heavy atom. The Balaban J connectivity index is 2.30. The minimum atomic E-state index is -2.08. The first kappa shape index (κ1) is 34.1. The van der Waals surface area contributed by atoms with Gasteiger partial charge in [0.15, 0.2) is 20.0 Å². The van der Waals surface area contributed by atoms with Crippen LogP contribution < -0.4 is 0 Å². The summed E-state index contributed by atoms with van der Waals surface area (Å²) in [6.07, 6.45) is 5.26. The van der Waals surface area contributed by atoms with Crippen molar-refractivity contribution in [2.24, 2.45) is 0 Å². The molecule has 224 valence electrons. The fourth-order valence-corrected chi connectivity index (χ4v) is 15.0. The maximum absolute atomic E-state index is 11.8. The molecule has 0 aliphatic carbocycles. The molecule has 9 heteroatoms. The van der Waals surface area contributed by atoms with Gasteiger partial charge in [-0.2, -0.15) is 0 Å². The van der Waals surface area contributed by atoms with E-state index in [1.807, 2.05) is 6.08 Å². The molecule has 3 atom stereocenters. The summed E-state index contributed by atoms with van der Waals surface area (Å²) in [4.78, 5) is 16.6. The van der Waals surface area contributed by atoms with Crippen molar-refractivity contribution in [3.05, 3.63) is 23.4 Å². The van der Waals surface area contributed by atoms with E-state index in [1.165, 1.54) is 0 Å². The quantitative estimate of drug-likeness (QED) is 0.145. The molecule has 0 N–H and O–H groups in total. The van der Waals surface area contributed by atoms with Crippen molar-refractivity contribution in [3.8, 4) is 0 Å². The maximum Gasteiger partial charge on any atom is 0.200 e. The summed E-state index contributed by atoms with van der Waals surface area (Å²) in [6.45, 7) is 23.1. The number of nitrogens with zero attached hydrogens (tertiary/aromatic N) is 1. The summed E-state index contributed by atoms with van der Waals surface area (Å²) < 4.78 is 31.8. The van der Waals surface area contributed by atoms with Crippen LogP contribution in [0.4, 0.5) is 0 Å². The van der Waals surface area contributed by atoms with E-state index in [2.05, 4.69) is 69.2 Å². The highest BCUT2D eigenvalue weighted by Crippen LogP contribution is 2.43. The van der Waals surface area contributed by atoms with Gasteiger partial charge in [0.05, 0.1) is 19.1 Å². The van der Waals surface area contributed by atoms with Crippen LogP contribution >= 0.6 is 0 Å². The molecular formula is C30H55NO6Si2. The van der Waals surface area contributed by atoms with Crippen molar-refractivity contribution >= 4 is 29.0 Å².